The zero-order chi connectivity index (χ0) is 17.2. The fourth-order valence-corrected chi connectivity index (χ4v) is 3.75. The number of hydrogen-bond acceptors (Lipinski definition) is 4. The summed E-state index contributed by atoms with van der Waals surface area (Å²) >= 11 is 5.85. The second kappa shape index (κ2) is 6.67. The van der Waals surface area contributed by atoms with Gasteiger partial charge in [-0.25, -0.2) is 0 Å². The Kier molecular flexibility index (Phi) is 4.59. The number of nitrogens with zero attached hydrogens (tertiary/aromatic N) is 2. The van der Waals surface area contributed by atoms with E-state index in [2.05, 4.69) is 5.10 Å². The molecule has 0 fully saturated rings. The molecule has 1 heterocycles. The maximum atomic E-state index is 12.7. The van der Waals surface area contributed by atoms with Gasteiger partial charge in [0.05, 0.1) is 16.8 Å². The van der Waals surface area contributed by atoms with Gasteiger partial charge in [0.25, 0.3) is 10.0 Å². The highest BCUT2D eigenvalue weighted by Crippen LogP contribution is 2.25. The van der Waals surface area contributed by atoms with Crippen molar-refractivity contribution in [2.24, 2.45) is 0 Å². The standard InChI is InChI=1S/C17H15ClN2O3S/c1-13(23-15-9-7-14(18)8-10-15)17-11-12-19-20(17)24(21,22)16-5-3-2-4-6-16/h2-13H,1H3/t13-/m0/s1. The van der Waals surface area contributed by atoms with Crippen LogP contribution in [0.1, 0.15) is 18.7 Å². The van der Waals surface area contributed by atoms with Crippen LogP contribution in [0.3, 0.4) is 0 Å². The normalized spacial score (nSPS) is 12.8. The van der Waals surface area contributed by atoms with E-state index >= 15 is 0 Å². The predicted molar refractivity (Wildman–Crippen MR) is 91.7 cm³/mol. The maximum Gasteiger partial charge on any atom is 0.283 e. The molecule has 2 aromatic carbocycles. The smallest absolute Gasteiger partial charge is 0.283 e. The minimum atomic E-state index is -3.77. The summed E-state index contributed by atoms with van der Waals surface area (Å²) in [6.07, 6.45) is 0.935. The molecule has 0 unspecified atom stereocenters. The first-order valence-electron chi connectivity index (χ1n) is 7.25. The Hall–Kier alpha value is -2.31. The van der Waals surface area contributed by atoms with Crippen molar-refractivity contribution in [1.82, 2.24) is 9.19 Å². The summed E-state index contributed by atoms with van der Waals surface area (Å²) < 4.78 is 32.3. The summed E-state index contributed by atoms with van der Waals surface area (Å²) in [6.45, 7) is 1.77. The molecule has 7 heteroatoms. The lowest BCUT2D eigenvalue weighted by atomic mass is 10.3. The van der Waals surface area contributed by atoms with Crippen molar-refractivity contribution in [2.75, 3.05) is 0 Å². The fourth-order valence-electron chi connectivity index (χ4n) is 2.26. The molecule has 1 atom stereocenters. The van der Waals surface area contributed by atoms with Gasteiger partial charge in [-0.1, -0.05) is 29.8 Å². The monoisotopic (exact) mass is 362 g/mol. The molecule has 1 aromatic heterocycles. The van der Waals surface area contributed by atoms with Gasteiger partial charge >= 0.3 is 0 Å². The first-order chi connectivity index (χ1) is 11.5. The number of hydrogen-bond donors (Lipinski definition) is 0. The molecule has 24 heavy (non-hydrogen) atoms. The molecule has 0 aliphatic heterocycles. The molecule has 3 rings (SSSR count). The largest absolute Gasteiger partial charge is 0.484 e. The third-order valence-electron chi connectivity index (χ3n) is 3.45. The highest BCUT2D eigenvalue weighted by Gasteiger charge is 2.24. The average Bonchev–Trinajstić information content (AvgIpc) is 3.08. The first kappa shape index (κ1) is 16.5. The van der Waals surface area contributed by atoms with Crippen molar-refractivity contribution in [3.05, 3.63) is 77.6 Å². The topological polar surface area (TPSA) is 61.2 Å². The minimum absolute atomic E-state index is 0.175. The van der Waals surface area contributed by atoms with Crippen LogP contribution in [0.2, 0.25) is 5.02 Å². The molecule has 0 aliphatic carbocycles. The Balaban J connectivity index is 1.91. The van der Waals surface area contributed by atoms with E-state index in [0.717, 1.165) is 4.09 Å². The molecule has 3 aromatic rings. The third-order valence-corrected chi connectivity index (χ3v) is 5.33. The van der Waals surface area contributed by atoms with Crippen molar-refractivity contribution >= 4 is 21.6 Å². The van der Waals surface area contributed by atoms with Gasteiger partial charge in [-0.05, 0) is 49.4 Å². The number of halogens is 1. The van der Waals surface area contributed by atoms with E-state index in [1.807, 2.05) is 0 Å². The molecule has 5 nitrogen and oxygen atoms in total. The summed E-state index contributed by atoms with van der Waals surface area (Å²) in [5, 5.41) is 4.57. The second-order valence-electron chi connectivity index (χ2n) is 5.13. The van der Waals surface area contributed by atoms with Gasteiger partial charge in [0.15, 0.2) is 0 Å². The van der Waals surface area contributed by atoms with Crippen LogP contribution in [-0.4, -0.2) is 17.6 Å². The van der Waals surface area contributed by atoms with Crippen molar-refractivity contribution < 1.29 is 13.2 Å². The van der Waals surface area contributed by atoms with E-state index in [1.165, 1.54) is 18.3 Å². The Morgan fingerprint density at radius 3 is 2.38 bits per heavy atom. The number of benzene rings is 2. The summed E-state index contributed by atoms with van der Waals surface area (Å²) in [5.74, 6) is 0.594. The molecular weight excluding hydrogens is 348 g/mol. The van der Waals surface area contributed by atoms with Crippen LogP contribution in [0, 0.1) is 0 Å². The van der Waals surface area contributed by atoms with E-state index in [1.54, 1.807) is 55.5 Å². The third kappa shape index (κ3) is 3.29. The van der Waals surface area contributed by atoms with Gasteiger partial charge in [-0.2, -0.15) is 17.6 Å². The zero-order valence-electron chi connectivity index (χ0n) is 12.8. The molecule has 0 aliphatic rings. The summed E-state index contributed by atoms with van der Waals surface area (Å²) in [7, 11) is -3.77. The highest BCUT2D eigenvalue weighted by atomic mass is 35.5. The summed E-state index contributed by atoms with van der Waals surface area (Å²) in [4.78, 5) is 0.175. The SMILES string of the molecule is C[C@H](Oc1ccc(Cl)cc1)c1ccnn1S(=O)(=O)c1ccccc1. The van der Waals surface area contributed by atoms with E-state index in [9.17, 15) is 8.42 Å². The van der Waals surface area contributed by atoms with E-state index in [4.69, 9.17) is 16.3 Å². The van der Waals surface area contributed by atoms with Crippen molar-refractivity contribution in [2.45, 2.75) is 17.9 Å². The zero-order valence-corrected chi connectivity index (χ0v) is 14.4. The van der Waals surface area contributed by atoms with Crippen LogP contribution in [0.15, 0.2) is 71.8 Å². The van der Waals surface area contributed by atoms with Crippen molar-refractivity contribution in [3.8, 4) is 5.75 Å². The first-order valence-corrected chi connectivity index (χ1v) is 9.07. The van der Waals surface area contributed by atoms with Crippen LogP contribution in [0.25, 0.3) is 0 Å². The summed E-state index contributed by atoms with van der Waals surface area (Å²) in [5.41, 5.74) is 0.439. The Labute approximate surface area is 145 Å². The Bertz CT molecular complexity index is 922. The van der Waals surface area contributed by atoms with Crippen LogP contribution < -0.4 is 4.74 Å². The van der Waals surface area contributed by atoms with Gasteiger partial charge in [-0.15, -0.1) is 0 Å². The van der Waals surface area contributed by atoms with Crippen LogP contribution in [0.4, 0.5) is 0 Å². The molecule has 0 spiro atoms. The number of aromatic nitrogens is 2. The molecule has 0 bridgehead atoms. The number of ether oxygens (including phenoxy) is 1. The maximum absolute atomic E-state index is 12.7. The molecule has 0 radical (unpaired) electrons. The van der Waals surface area contributed by atoms with Gasteiger partial charge < -0.3 is 4.74 Å². The summed E-state index contributed by atoms with van der Waals surface area (Å²) in [6, 6.07) is 16.7. The second-order valence-corrected chi connectivity index (χ2v) is 7.33. The Morgan fingerprint density at radius 2 is 1.71 bits per heavy atom. The lowest BCUT2D eigenvalue weighted by Gasteiger charge is -2.16. The van der Waals surface area contributed by atoms with Crippen molar-refractivity contribution in [1.29, 1.82) is 0 Å². The lowest BCUT2D eigenvalue weighted by Crippen LogP contribution is -2.20. The van der Waals surface area contributed by atoms with E-state index in [-0.39, 0.29) is 4.90 Å². The van der Waals surface area contributed by atoms with Gasteiger partial charge in [0.2, 0.25) is 0 Å². The molecule has 0 saturated heterocycles. The molecule has 0 amide bonds. The van der Waals surface area contributed by atoms with Gasteiger partial charge in [0, 0.05) is 5.02 Å². The Morgan fingerprint density at radius 1 is 1.04 bits per heavy atom. The van der Waals surface area contributed by atoms with Gasteiger partial charge in [0.1, 0.15) is 11.9 Å². The van der Waals surface area contributed by atoms with E-state index in [0.29, 0.717) is 16.5 Å². The molecular formula is C17H15ClN2O3S. The quantitative estimate of drug-likeness (QED) is 0.690. The fraction of sp³-hybridized carbons (Fsp3) is 0.118. The average molecular weight is 363 g/mol. The van der Waals surface area contributed by atoms with Crippen LogP contribution in [0.5, 0.6) is 5.75 Å². The molecule has 124 valence electrons. The molecule has 0 N–H and O–H groups in total. The molecule has 0 saturated carbocycles. The predicted octanol–water partition coefficient (Wildman–Crippen LogP) is 3.91. The van der Waals surface area contributed by atoms with Crippen LogP contribution >= 0.6 is 11.6 Å². The van der Waals surface area contributed by atoms with E-state index < -0.39 is 16.1 Å². The number of rotatable bonds is 5. The minimum Gasteiger partial charge on any atom is -0.484 e. The lowest BCUT2D eigenvalue weighted by molar-refractivity contribution is 0.220. The highest BCUT2D eigenvalue weighted by molar-refractivity contribution is 7.89. The van der Waals surface area contributed by atoms with Gasteiger partial charge in [-0.3, -0.25) is 0 Å². The van der Waals surface area contributed by atoms with Crippen molar-refractivity contribution in [3.63, 3.8) is 0 Å². The van der Waals surface area contributed by atoms with Crippen LogP contribution in [-0.2, 0) is 10.0 Å².